The van der Waals surface area contributed by atoms with Crippen LogP contribution >= 0.6 is 0 Å². The fourth-order valence-electron chi connectivity index (χ4n) is 1.29. The lowest BCUT2D eigenvalue weighted by Crippen LogP contribution is -2.34. The number of hydrogen-bond donors (Lipinski definition) is 1. The Labute approximate surface area is 94.6 Å². The summed E-state index contributed by atoms with van der Waals surface area (Å²) >= 11 is 0. The highest BCUT2D eigenvalue weighted by molar-refractivity contribution is 5.43. The van der Waals surface area contributed by atoms with E-state index in [1.807, 2.05) is 6.92 Å². The average Bonchev–Trinajstić information content (AvgIpc) is 2.29. The maximum absolute atomic E-state index is 13.5. The molecular formula is C10H17FN4O. The summed E-state index contributed by atoms with van der Waals surface area (Å²) in [7, 11) is 5.07. The van der Waals surface area contributed by atoms with Crippen LogP contribution in [0.5, 0.6) is 0 Å². The van der Waals surface area contributed by atoms with E-state index >= 15 is 0 Å². The number of likely N-dealkylation sites (N-methyl/N-ethyl adjacent to an activating group) is 1. The highest BCUT2D eigenvalue weighted by Gasteiger charge is 2.16. The standard InChI is InChI=1S/C10H17FN4O/c1-7(6-16-4)15(3)9-8(11)5-13-10(12-2)14-9/h5,7H,6H2,1-4H3,(H,12,13,14). The molecule has 0 saturated heterocycles. The van der Waals surface area contributed by atoms with Gasteiger partial charge in [-0.1, -0.05) is 0 Å². The van der Waals surface area contributed by atoms with E-state index in [0.717, 1.165) is 6.20 Å². The van der Waals surface area contributed by atoms with Gasteiger partial charge in [0.25, 0.3) is 0 Å². The minimum Gasteiger partial charge on any atom is -0.383 e. The molecule has 1 heterocycles. The largest absolute Gasteiger partial charge is 0.383 e. The lowest BCUT2D eigenvalue weighted by Gasteiger charge is -2.25. The molecule has 1 rings (SSSR count). The lowest BCUT2D eigenvalue weighted by molar-refractivity contribution is 0.183. The number of nitrogens with zero attached hydrogens (tertiary/aromatic N) is 3. The van der Waals surface area contributed by atoms with E-state index in [-0.39, 0.29) is 11.9 Å². The molecule has 1 atom stereocenters. The van der Waals surface area contributed by atoms with Gasteiger partial charge < -0.3 is 15.0 Å². The Morgan fingerprint density at radius 1 is 1.62 bits per heavy atom. The third kappa shape index (κ3) is 2.79. The van der Waals surface area contributed by atoms with Crippen LogP contribution in [0.15, 0.2) is 6.20 Å². The van der Waals surface area contributed by atoms with Crippen molar-refractivity contribution in [3.63, 3.8) is 0 Å². The Balaban J connectivity index is 2.92. The number of aromatic nitrogens is 2. The van der Waals surface area contributed by atoms with Gasteiger partial charge in [0.1, 0.15) is 0 Å². The van der Waals surface area contributed by atoms with Crippen molar-refractivity contribution in [1.82, 2.24) is 9.97 Å². The number of nitrogens with one attached hydrogen (secondary N) is 1. The average molecular weight is 228 g/mol. The van der Waals surface area contributed by atoms with Gasteiger partial charge in [-0.3, -0.25) is 0 Å². The van der Waals surface area contributed by atoms with Crippen molar-refractivity contribution >= 4 is 11.8 Å². The van der Waals surface area contributed by atoms with E-state index in [2.05, 4.69) is 15.3 Å². The quantitative estimate of drug-likeness (QED) is 0.818. The number of ether oxygens (including phenoxy) is 1. The SMILES string of the molecule is CNc1ncc(F)c(N(C)C(C)COC)n1. The molecule has 5 nitrogen and oxygen atoms in total. The number of hydrogen-bond acceptors (Lipinski definition) is 5. The van der Waals surface area contributed by atoms with Crippen molar-refractivity contribution in [3.05, 3.63) is 12.0 Å². The normalized spacial score (nSPS) is 12.3. The van der Waals surface area contributed by atoms with E-state index in [4.69, 9.17) is 4.74 Å². The van der Waals surface area contributed by atoms with Gasteiger partial charge in [-0.15, -0.1) is 0 Å². The lowest BCUT2D eigenvalue weighted by atomic mass is 10.3. The van der Waals surface area contributed by atoms with E-state index in [9.17, 15) is 4.39 Å². The van der Waals surface area contributed by atoms with E-state index < -0.39 is 5.82 Å². The zero-order valence-corrected chi connectivity index (χ0v) is 9.99. The molecule has 0 amide bonds. The van der Waals surface area contributed by atoms with Gasteiger partial charge >= 0.3 is 0 Å². The van der Waals surface area contributed by atoms with Gasteiger partial charge in [0, 0.05) is 21.2 Å². The molecule has 1 N–H and O–H groups in total. The molecule has 0 fully saturated rings. The highest BCUT2D eigenvalue weighted by Crippen LogP contribution is 2.17. The van der Waals surface area contributed by atoms with Crippen LogP contribution in [0.1, 0.15) is 6.92 Å². The predicted molar refractivity (Wildman–Crippen MR) is 61.3 cm³/mol. The molecule has 0 saturated carbocycles. The number of anilines is 2. The highest BCUT2D eigenvalue weighted by atomic mass is 19.1. The molecule has 0 radical (unpaired) electrons. The van der Waals surface area contributed by atoms with Crippen molar-refractivity contribution in [2.24, 2.45) is 0 Å². The third-order valence-corrected chi connectivity index (χ3v) is 2.35. The molecular weight excluding hydrogens is 211 g/mol. The van der Waals surface area contributed by atoms with Crippen molar-refractivity contribution in [1.29, 1.82) is 0 Å². The zero-order valence-electron chi connectivity index (χ0n) is 9.99. The molecule has 0 aliphatic rings. The molecule has 0 bridgehead atoms. The first-order valence-corrected chi connectivity index (χ1v) is 5.02. The second-order valence-corrected chi connectivity index (χ2v) is 3.53. The molecule has 16 heavy (non-hydrogen) atoms. The first kappa shape index (κ1) is 12.6. The van der Waals surface area contributed by atoms with Crippen LogP contribution in [0, 0.1) is 5.82 Å². The predicted octanol–water partition coefficient (Wildman–Crippen LogP) is 1.13. The maximum Gasteiger partial charge on any atom is 0.224 e. The fraction of sp³-hybridized carbons (Fsp3) is 0.600. The third-order valence-electron chi connectivity index (χ3n) is 2.35. The minimum atomic E-state index is -0.440. The summed E-state index contributed by atoms with van der Waals surface area (Å²) in [5.74, 6) is 0.223. The Morgan fingerprint density at radius 3 is 2.88 bits per heavy atom. The molecule has 1 aromatic heterocycles. The van der Waals surface area contributed by atoms with Crippen LogP contribution in [0.25, 0.3) is 0 Å². The summed E-state index contributed by atoms with van der Waals surface area (Å²) in [5.41, 5.74) is 0. The Morgan fingerprint density at radius 2 is 2.31 bits per heavy atom. The molecule has 1 aromatic rings. The summed E-state index contributed by atoms with van der Waals surface area (Å²) in [4.78, 5) is 9.58. The fourth-order valence-corrected chi connectivity index (χ4v) is 1.29. The van der Waals surface area contributed by atoms with Crippen molar-refractivity contribution in [3.8, 4) is 0 Å². The van der Waals surface area contributed by atoms with Gasteiger partial charge in [-0.2, -0.15) is 4.98 Å². The molecule has 0 aromatic carbocycles. The second kappa shape index (κ2) is 5.60. The molecule has 90 valence electrons. The van der Waals surface area contributed by atoms with Gasteiger partial charge in [-0.05, 0) is 6.92 Å². The first-order chi connectivity index (χ1) is 7.60. The summed E-state index contributed by atoms with van der Waals surface area (Å²) < 4.78 is 18.5. The maximum atomic E-state index is 13.5. The van der Waals surface area contributed by atoms with Gasteiger partial charge in [0.2, 0.25) is 5.95 Å². The van der Waals surface area contributed by atoms with E-state index in [1.54, 1.807) is 26.1 Å². The van der Waals surface area contributed by atoms with Crippen molar-refractivity contribution in [2.45, 2.75) is 13.0 Å². The smallest absolute Gasteiger partial charge is 0.224 e. The minimum absolute atomic E-state index is 0.0408. The van der Waals surface area contributed by atoms with Crippen molar-refractivity contribution in [2.75, 3.05) is 38.0 Å². The molecule has 1 unspecified atom stereocenters. The molecule has 0 spiro atoms. The van der Waals surface area contributed by atoms with Gasteiger partial charge in [0.05, 0.1) is 18.8 Å². The summed E-state index contributed by atoms with van der Waals surface area (Å²) in [6.45, 7) is 2.44. The molecule has 0 aliphatic heterocycles. The van der Waals surface area contributed by atoms with Crippen LogP contribution in [-0.4, -0.2) is 43.8 Å². The number of rotatable bonds is 5. The zero-order chi connectivity index (χ0) is 12.1. The van der Waals surface area contributed by atoms with Crippen molar-refractivity contribution < 1.29 is 9.13 Å². The number of halogens is 1. The topological polar surface area (TPSA) is 50.3 Å². The second-order valence-electron chi connectivity index (χ2n) is 3.53. The van der Waals surface area contributed by atoms with Gasteiger partial charge in [-0.25, -0.2) is 9.37 Å². The Bertz CT molecular complexity index is 348. The van der Waals surface area contributed by atoms with Crippen LogP contribution in [0.4, 0.5) is 16.2 Å². The monoisotopic (exact) mass is 228 g/mol. The van der Waals surface area contributed by atoms with E-state index in [0.29, 0.717) is 12.6 Å². The Hall–Kier alpha value is -1.43. The summed E-state index contributed by atoms with van der Waals surface area (Å²) in [5, 5.41) is 2.77. The van der Waals surface area contributed by atoms with Crippen LogP contribution < -0.4 is 10.2 Å². The molecule has 0 aliphatic carbocycles. The van der Waals surface area contributed by atoms with E-state index in [1.165, 1.54) is 0 Å². The molecule has 6 heteroatoms. The summed E-state index contributed by atoms with van der Waals surface area (Å²) in [6, 6.07) is 0.0408. The first-order valence-electron chi connectivity index (χ1n) is 5.02. The van der Waals surface area contributed by atoms with Crippen LogP contribution in [0.3, 0.4) is 0 Å². The number of methoxy groups -OCH3 is 1. The van der Waals surface area contributed by atoms with Crippen LogP contribution in [0.2, 0.25) is 0 Å². The summed E-state index contributed by atoms with van der Waals surface area (Å²) in [6.07, 6.45) is 1.16. The Kier molecular flexibility index (Phi) is 4.42. The van der Waals surface area contributed by atoms with Gasteiger partial charge in [0.15, 0.2) is 11.6 Å². The van der Waals surface area contributed by atoms with Crippen LogP contribution in [-0.2, 0) is 4.74 Å².